The van der Waals surface area contributed by atoms with Gasteiger partial charge in [-0.15, -0.1) is 0 Å². The lowest BCUT2D eigenvalue weighted by Crippen LogP contribution is -2.19. The monoisotopic (exact) mass is 243 g/mol. The Morgan fingerprint density at radius 2 is 2.06 bits per heavy atom. The fourth-order valence-electron chi connectivity index (χ4n) is 1.17. The van der Waals surface area contributed by atoms with Crippen molar-refractivity contribution in [3.05, 3.63) is 29.3 Å². The van der Waals surface area contributed by atoms with Gasteiger partial charge in [-0.1, -0.05) is 17.9 Å². The van der Waals surface area contributed by atoms with Crippen LogP contribution in [0, 0.1) is 18.8 Å². The smallest absolute Gasteiger partial charge is 0.422 e. The van der Waals surface area contributed by atoms with Crippen LogP contribution < -0.4 is 10.5 Å². The van der Waals surface area contributed by atoms with Gasteiger partial charge in [0.15, 0.2) is 6.61 Å². The highest BCUT2D eigenvalue weighted by Gasteiger charge is 2.28. The summed E-state index contributed by atoms with van der Waals surface area (Å²) in [6.07, 6.45) is -4.36. The van der Waals surface area contributed by atoms with Gasteiger partial charge in [0.25, 0.3) is 0 Å². The third kappa shape index (κ3) is 4.79. The first-order valence-electron chi connectivity index (χ1n) is 4.91. The van der Waals surface area contributed by atoms with Gasteiger partial charge in [0.1, 0.15) is 5.75 Å². The summed E-state index contributed by atoms with van der Waals surface area (Å²) in [4.78, 5) is 0. The summed E-state index contributed by atoms with van der Waals surface area (Å²) in [7, 11) is 0. The molecule has 0 radical (unpaired) electrons. The summed E-state index contributed by atoms with van der Waals surface area (Å²) in [5.41, 5.74) is 6.52. The van der Waals surface area contributed by atoms with Crippen molar-refractivity contribution in [2.45, 2.75) is 13.1 Å². The summed E-state index contributed by atoms with van der Waals surface area (Å²) < 4.78 is 40.8. The number of rotatable bonds is 2. The van der Waals surface area contributed by atoms with Crippen LogP contribution >= 0.6 is 0 Å². The average Bonchev–Trinajstić information content (AvgIpc) is 2.23. The summed E-state index contributed by atoms with van der Waals surface area (Å²) >= 11 is 0. The Hall–Kier alpha value is -1.67. The number of aryl methyl sites for hydroxylation is 1. The van der Waals surface area contributed by atoms with Crippen LogP contribution in [0.15, 0.2) is 18.2 Å². The molecule has 0 saturated carbocycles. The number of benzene rings is 1. The van der Waals surface area contributed by atoms with E-state index < -0.39 is 12.8 Å². The molecular formula is C12H12F3NO. The molecule has 0 atom stereocenters. The molecule has 2 N–H and O–H groups in total. The summed E-state index contributed by atoms with van der Waals surface area (Å²) in [5, 5.41) is 0. The third-order valence-corrected chi connectivity index (χ3v) is 1.85. The largest absolute Gasteiger partial charge is 0.483 e. The summed E-state index contributed by atoms with van der Waals surface area (Å²) in [6.45, 7) is 0.640. The van der Waals surface area contributed by atoms with Gasteiger partial charge in [-0.2, -0.15) is 13.2 Å². The molecule has 1 aromatic rings. The molecular weight excluding hydrogens is 231 g/mol. The highest BCUT2D eigenvalue weighted by atomic mass is 19.4. The maximum absolute atomic E-state index is 12.0. The fourth-order valence-corrected chi connectivity index (χ4v) is 1.17. The Morgan fingerprint density at radius 1 is 1.35 bits per heavy atom. The number of nitrogens with two attached hydrogens (primary N) is 1. The van der Waals surface area contributed by atoms with Crippen molar-refractivity contribution in [1.29, 1.82) is 0 Å². The zero-order chi connectivity index (χ0) is 12.9. The lowest BCUT2D eigenvalue weighted by molar-refractivity contribution is -0.153. The van der Waals surface area contributed by atoms with E-state index in [1.54, 1.807) is 12.1 Å². The molecule has 1 rings (SSSR count). The Morgan fingerprint density at radius 3 is 2.65 bits per heavy atom. The predicted octanol–water partition coefficient (Wildman–Crippen LogP) is 2.25. The van der Waals surface area contributed by atoms with E-state index in [4.69, 9.17) is 5.73 Å². The minimum atomic E-state index is -4.36. The molecule has 1 aromatic carbocycles. The Kier molecular flexibility index (Phi) is 4.41. The molecule has 0 bridgehead atoms. The number of hydrogen-bond acceptors (Lipinski definition) is 2. The van der Waals surface area contributed by atoms with Gasteiger partial charge in [-0.05, 0) is 24.6 Å². The third-order valence-electron chi connectivity index (χ3n) is 1.85. The standard InChI is InChI=1S/C12H12F3NO/c1-9-4-5-11(17-8-12(13,14)15)10(7-9)3-2-6-16/h4-5,7H,6,8,16H2,1H3. The molecule has 0 unspecified atom stereocenters. The van der Waals surface area contributed by atoms with Crippen LogP contribution in [0.2, 0.25) is 0 Å². The molecule has 92 valence electrons. The van der Waals surface area contributed by atoms with Crippen LogP contribution in [0.3, 0.4) is 0 Å². The number of ether oxygens (including phenoxy) is 1. The van der Waals surface area contributed by atoms with Crippen LogP contribution in [0.25, 0.3) is 0 Å². The first-order valence-corrected chi connectivity index (χ1v) is 4.91. The first-order chi connectivity index (χ1) is 7.92. The van der Waals surface area contributed by atoms with Crippen molar-refractivity contribution in [2.24, 2.45) is 5.73 Å². The molecule has 0 amide bonds. The van der Waals surface area contributed by atoms with Gasteiger partial charge in [-0.25, -0.2) is 0 Å². The lowest BCUT2D eigenvalue weighted by atomic mass is 10.1. The van der Waals surface area contributed by atoms with Crippen LogP contribution in [0.1, 0.15) is 11.1 Å². The van der Waals surface area contributed by atoms with E-state index in [9.17, 15) is 13.2 Å². The minimum absolute atomic E-state index is 0.119. The Bertz CT molecular complexity index is 443. The SMILES string of the molecule is Cc1ccc(OCC(F)(F)F)c(C#CCN)c1. The van der Waals surface area contributed by atoms with E-state index in [2.05, 4.69) is 16.6 Å². The van der Waals surface area contributed by atoms with Gasteiger partial charge in [0.2, 0.25) is 0 Å². The van der Waals surface area contributed by atoms with Crippen LogP contribution in [0.4, 0.5) is 13.2 Å². The van der Waals surface area contributed by atoms with E-state index in [-0.39, 0.29) is 12.3 Å². The second-order valence-electron chi connectivity index (χ2n) is 3.41. The maximum atomic E-state index is 12.0. The van der Waals surface area contributed by atoms with E-state index in [0.29, 0.717) is 5.56 Å². The molecule has 5 heteroatoms. The maximum Gasteiger partial charge on any atom is 0.422 e. The highest BCUT2D eigenvalue weighted by molar-refractivity contribution is 5.48. The molecule has 0 fully saturated rings. The summed E-state index contributed by atoms with van der Waals surface area (Å²) in [5.74, 6) is 5.39. The molecule has 0 heterocycles. The lowest BCUT2D eigenvalue weighted by Gasteiger charge is -2.11. The fraction of sp³-hybridized carbons (Fsp3) is 0.333. The van der Waals surface area contributed by atoms with Gasteiger partial charge < -0.3 is 10.5 Å². The normalized spacial score (nSPS) is 10.6. The first kappa shape index (κ1) is 13.4. The van der Waals surface area contributed by atoms with Crippen LogP contribution in [-0.2, 0) is 0 Å². The number of hydrogen-bond donors (Lipinski definition) is 1. The van der Waals surface area contributed by atoms with Crippen molar-refractivity contribution in [3.63, 3.8) is 0 Å². The molecule has 17 heavy (non-hydrogen) atoms. The van der Waals surface area contributed by atoms with Gasteiger partial charge in [0, 0.05) is 0 Å². The van der Waals surface area contributed by atoms with Crippen molar-refractivity contribution in [3.8, 4) is 17.6 Å². The molecule has 0 aromatic heterocycles. The number of halogens is 3. The molecule has 0 aliphatic heterocycles. The van der Waals surface area contributed by atoms with Crippen molar-refractivity contribution < 1.29 is 17.9 Å². The molecule has 0 spiro atoms. The van der Waals surface area contributed by atoms with Gasteiger partial charge >= 0.3 is 6.18 Å². The van der Waals surface area contributed by atoms with Crippen molar-refractivity contribution in [1.82, 2.24) is 0 Å². The van der Waals surface area contributed by atoms with E-state index in [0.717, 1.165) is 5.56 Å². The zero-order valence-electron chi connectivity index (χ0n) is 9.27. The van der Waals surface area contributed by atoms with Crippen molar-refractivity contribution in [2.75, 3.05) is 13.2 Å². The van der Waals surface area contributed by atoms with E-state index >= 15 is 0 Å². The summed E-state index contributed by atoms with van der Waals surface area (Å²) in [6, 6.07) is 4.80. The predicted molar refractivity (Wildman–Crippen MR) is 58.7 cm³/mol. The topological polar surface area (TPSA) is 35.2 Å². The van der Waals surface area contributed by atoms with Crippen LogP contribution in [-0.4, -0.2) is 19.3 Å². The Balaban J connectivity index is 2.90. The minimum Gasteiger partial charge on any atom is -0.483 e. The highest BCUT2D eigenvalue weighted by Crippen LogP contribution is 2.22. The van der Waals surface area contributed by atoms with Gasteiger partial charge in [0.05, 0.1) is 12.1 Å². The molecule has 2 nitrogen and oxygen atoms in total. The van der Waals surface area contributed by atoms with Crippen LogP contribution in [0.5, 0.6) is 5.75 Å². The molecule has 0 saturated heterocycles. The average molecular weight is 243 g/mol. The van der Waals surface area contributed by atoms with E-state index in [1.165, 1.54) is 6.07 Å². The second-order valence-corrected chi connectivity index (χ2v) is 3.41. The Labute approximate surface area is 97.6 Å². The van der Waals surface area contributed by atoms with Crippen molar-refractivity contribution >= 4 is 0 Å². The molecule has 0 aliphatic rings. The quantitative estimate of drug-likeness (QED) is 0.808. The second kappa shape index (κ2) is 5.60. The van der Waals surface area contributed by atoms with Gasteiger partial charge in [-0.3, -0.25) is 0 Å². The zero-order valence-corrected chi connectivity index (χ0v) is 9.27. The number of alkyl halides is 3. The molecule has 0 aliphatic carbocycles. The van der Waals surface area contributed by atoms with E-state index in [1.807, 2.05) is 6.92 Å².